The highest BCUT2D eigenvalue weighted by molar-refractivity contribution is 6.30. The van der Waals surface area contributed by atoms with E-state index in [0.717, 1.165) is 5.56 Å². The van der Waals surface area contributed by atoms with Crippen LogP contribution in [0, 0.1) is 18.8 Å². The normalized spacial score (nSPS) is 25.0. The van der Waals surface area contributed by atoms with Crippen LogP contribution in [0.3, 0.4) is 0 Å². The third kappa shape index (κ3) is 5.39. The van der Waals surface area contributed by atoms with Crippen molar-refractivity contribution >= 4 is 23.2 Å². The van der Waals surface area contributed by atoms with Crippen molar-refractivity contribution in [1.29, 1.82) is 0 Å². The van der Waals surface area contributed by atoms with Gasteiger partial charge in [-0.15, -0.1) is 0 Å². The molecule has 0 N–H and O–H groups in total. The molecular formula is C22H23ClF3N3O. The number of carbonyl (C=O) groups is 1. The molecule has 0 bridgehead atoms. The molecule has 0 saturated carbocycles. The van der Waals surface area contributed by atoms with Crippen molar-refractivity contribution in [2.24, 2.45) is 11.0 Å². The molecule has 2 aromatic rings. The molecule has 1 aliphatic heterocycles. The number of benzene rings is 1. The fourth-order valence-corrected chi connectivity index (χ4v) is 3.50. The number of aromatic nitrogens is 1. The number of halogens is 4. The number of amides is 1. The van der Waals surface area contributed by atoms with Crippen molar-refractivity contribution in [1.82, 2.24) is 9.99 Å². The van der Waals surface area contributed by atoms with Gasteiger partial charge in [0, 0.05) is 23.1 Å². The Morgan fingerprint density at radius 2 is 1.83 bits per heavy atom. The highest BCUT2D eigenvalue weighted by Crippen LogP contribution is 2.26. The van der Waals surface area contributed by atoms with E-state index in [1.807, 2.05) is 0 Å². The summed E-state index contributed by atoms with van der Waals surface area (Å²) >= 11 is 5.92. The molecule has 30 heavy (non-hydrogen) atoms. The molecule has 0 fully saturated rings. The molecule has 0 aliphatic carbocycles. The van der Waals surface area contributed by atoms with E-state index in [0.29, 0.717) is 10.7 Å². The molecule has 0 spiro atoms. The van der Waals surface area contributed by atoms with E-state index >= 15 is 0 Å². The second-order valence-electron chi connectivity index (χ2n) is 7.56. The molecule has 0 saturated heterocycles. The maximum atomic E-state index is 14.6. The Balaban J connectivity index is 2.06. The van der Waals surface area contributed by atoms with Crippen LogP contribution in [0.2, 0.25) is 5.02 Å². The van der Waals surface area contributed by atoms with E-state index < -0.39 is 30.1 Å². The average molecular weight is 438 g/mol. The second kappa shape index (κ2) is 9.60. The fraction of sp³-hybridized carbons (Fsp3) is 0.409. The topological polar surface area (TPSA) is 45.6 Å². The zero-order valence-corrected chi connectivity index (χ0v) is 17.5. The van der Waals surface area contributed by atoms with Crippen molar-refractivity contribution in [3.63, 3.8) is 0 Å². The minimum Gasteiger partial charge on any atom is -0.273 e. The van der Waals surface area contributed by atoms with Crippen LogP contribution in [0.15, 0.2) is 41.5 Å². The smallest absolute Gasteiger partial charge is 0.243 e. The van der Waals surface area contributed by atoms with Gasteiger partial charge < -0.3 is 0 Å². The number of carbonyl (C=O) groups excluding carboxylic acids is 1. The van der Waals surface area contributed by atoms with Crippen LogP contribution in [0.4, 0.5) is 13.2 Å². The molecule has 2 heterocycles. The van der Waals surface area contributed by atoms with E-state index in [1.54, 1.807) is 44.2 Å². The van der Waals surface area contributed by atoms with Crippen LogP contribution < -0.4 is 0 Å². The summed E-state index contributed by atoms with van der Waals surface area (Å²) in [6, 6.07) is 9.98. The number of rotatable bonds is 3. The number of aryl methyl sites for hydroxylation is 1. The summed E-state index contributed by atoms with van der Waals surface area (Å²) in [5, 5.41) is 6.18. The lowest BCUT2D eigenvalue weighted by Gasteiger charge is -2.26. The molecule has 3 rings (SSSR count). The lowest BCUT2D eigenvalue weighted by molar-refractivity contribution is -0.132. The van der Waals surface area contributed by atoms with Gasteiger partial charge in [0.25, 0.3) is 0 Å². The van der Waals surface area contributed by atoms with Gasteiger partial charge in [-0.05, 0) is 49.6 Å². The fourth-order valence-electron chi connectivity index (χ4n) is 3.37. The summed E-state index contributed by atoms with van der Waals surface area (Å²) in [6.07, 6.45) is -4.13. The summed E-state index contributed by atoms with van der Waals surface area (Å²) in [5.74, 6) is -1.86. The van der Waals surface area contributed by atoms with Crippen molar-refractivity contribution in [3.8, 4) is 0 Å². The Bertz CT molecular complexity index is 936. The van der Waals surface area contributed by atoms with Gasteiger partial charge in [-0.1, -0.05) is 30.7 Å². The highest BCUT2D eigenvalue weighted by atomic mass is 35.5. The van der Waals surface area contributed by atoms with Gasteiger partial charge in [-0.2, -0.15) is 9.49 Å². The number of hydrazone groups is 1. The van der Waals surface area contributed by atoms with E-state index in [1.165, 1.54) is 11.1 Å². The SMILES string of the molecule is Cc1ccc(/C2=N/N(Cc3ccc(Cl)cc3)C(=O)CCC(F)C(F)CC2C)c(F)n1. The van der Waals surface area contributed by atoms with Gasteiger partial charge in [0.1, 0.15) is 12.3 Å². The molecule has 3 unspecified atom stereocenters. The Labute approximate surface area is 178 Å². The van der Waals surface area contributed by atoms with Crippen LogP contribution in [0.1, 0.15) is 43.0 Å². The molecule has 4 nitrogen and oxygen atoms in total. The van der Waals surface area contributed by atoms with Gasteiger partial charge in [0.2, 0.25) is 11.9 Å². The largest absolute Gasteiger partial charge is 0.273 e. The number of nitrogens with zero attached hydrogens (tertiary/aromatic N) is 3. The Hall–Kier alpha value is -2.41. The average Bonchev–Trinajstić information content (AvgIpc) is 2.70. The zero-order chi connectivity index (χ0) is 21.8. The summed E-state index contributed by atoms with van der Waals surface area (Å²) in [5.41, 5.74) is 1.47. The molecular weight excluding hydrogens is 415 g/mol. The van der Waals surface area contributed by atoms with Gasteiger partial charge >= 0.3 is 0 Å². The minimum atomic E-state index is -1.77. The molecule has 0 radical (unpaired) electrons. The summed E-state index contributed by atoms with van der Waals surface area (Å²) in [6.45, 7) is 3.39. The standard InChI is InChI=1S/C22H23ClF3N3O/c1-13-11-19(25)18(24)9-10-20(30)29(12-15-4-6-16(23)7-5-15)28-21(13)17-8-3-14(2)27-22(17)26/h3-8,13,18-19H,9-12H2,1-2H3/b28-21+. The van der Waals surface area contributed by atoms with E-state index in [2.05, 4.69) is 10.1 Å². The van der Waals surface area contributed by atoms with Crippen LogP contribution in [-0.2, 0) is 11.3 Å². The van der Waals surface area contributed by atoms with Gasteiger partial charge in [-0.25, -0.2) is 18.8 Å². The predicted molar refractivity (Wildman–Crippen MR) is 110 cm³/mol. The third-order valence-electron chi connectivity index (χ3n) is 5.10. The first-order valence-electron chi connectivity index (χ1n) is 9.79. The summed E-state index contributed by atoms with van der Waals surface area (Å²) < 4.78 is 43.2. The Kier molecular flexibility index (Phi) is 7.13. The number of alkyl halides is 2. The molecule has 1 aromatic heterocycles. The molecule has 1 aliphatic rings. The van der Waals surface area contributed by atoms with Crippen molar-refractivity contribution in [2.75, 3.05) is 0 Å². The monoisotopic (exact) mass is 437 g/mol. The van der Waals surface area contributed by atoms with Gasteiger partial charge in [0.05, 0.1) is 17.8 Å². The van der Waals surface area contributed by atoms with E-state index in [4.69, 9.17) is 11.6 Å². The number of pyridine rings is 1. The lowest BCUT2D eigenvalue weighted by Crippen LogP contribution is -2.33. The van der Waals surface area contributed by atoms with Crippen molar-refractivity contribution in [3.05, 3.63) is 64.2 Å². The van der Waals surface area contributed by atoms with E-state index in [-0.39, 0.29) is 37.1 Å². The maximum absolute atomic E-state index is 14.6. The first kappa shape index (κ1) is 22.3. The van der Waals surface area contributed by atoms with Crippen molar-refractivity contribution < 1.29 is 18.0 Å². The van der Waals surface area contributed by atoms with Gasteiger partial charge in [0.15, 0.2) is 0 Å². The predicted octanol–water partition coefficient (Wildman–Crippen LogP) is 5.41. The highest BCUT2D eigenvalue weighted by Gasteiger charge is 2.30. The molecule has 160 valence electrons. The van der Waals surface area contributed by atoms with Crippen LogP contribution in [0.25, 0.3) is 0 Å². The first-order valence-corrected chi connectivity index (χ1v) is 10.2. The molecule has 1 amide bonds. The molecule has 8 heteroatoms. The summed E-state index contributed by atoms with van der Waals surface area (Å²) in [4.78, 5) is 16.6. The second-order valence-corrected chi connectivity index (χ2v) is 8.00. The zero-order valence-electron chi connectivity index (χ0n) is 16.8. The van der Waals surface area contributed by atoms with Crippen molar-refractivity contribution in [2.45, 2.75) is 52.0 Å². The summed E-state index contributed by atoms with van der Waals surface area (Å²) in [7, 11) is 0. The molecule has 1 aromatic carbocycles. The maximum Gasteiger partial charge on any atom is 0.243 e. The van der Waals surface area contributed by atoms with E-state index in [9.17, 15) is 18.0 Å². The lowest BCUT2D eigenvalue weighted by atomic mass is 9.91. The first-order chi connectivity index (χ1) is 14.2. The Morgan fingerprint density at radius 1 is 1.13 bits per heavy atom. The number of hydrogen-bond acceptors (Lipinski definition) is 3. The minimum absolute atomic E-state index is 0.0742. The van der Waals surface area contributed by atoms with Gasteiger partial charge in [-0.3, -0.25) is 4.79 Å². The number of hydrogen-bond donors (Lipinski definition) is 0. The van der Waals surface area contributed by atoms with Crippen LogP contribution in [0.5, 0.6) is 0 Å². The van der Waals surface area contributed by atoms with Crippen LogP contribution in [-0.4, -0.2) is 34.0 Å². The quantitative estimate of drug-likeness (QED) is 0.602. The molecule has 3 atom stereocenters. The third-order valence-corrected chi connectivity index (χ3v) is 5.35. The van der Waals surface area contributed by atoms with Crippen LogP contribution >= 0.6 is 11.6 Å². The Morgan fingerprint density at radius 3 is 2.50 bits per heavy atom.